The molecule has 2 rings (SSSR count). The largest absolute Gasteiger partial charge is 0.387 e. The number of rotatable bonds is 3. The second-order valence-electron chi connectivity index (χ2n) is 3.29. The fraction of sp³-hybridized carbons (Fsp3) is 0.182. The van der Waals surface area contributed by atoms with Crippen LogP contribution in [-0.2, 0) is 6.54 Å². The summed E-state index contributed by atoms with van der Waals surface area (Å²) < 4.78 is 1.74. The Morgan fingerprint density at radius 2 is 2.07 bits per heavy atom. The van der Waals surface area contributed by atoms with Gasteiger partial charge in [0.2, 0.25) is 0 Å². The Bertz CT molecular complexity index is 475. The van der Waals surface area contributed by atoms with Crippen LogP contribution >= 0.6 is 11.3 Å². The number of hydrogen-bond donors (Lipinski definition) is 2. The van der Waals surface area contributed by atoms with Gasteiger partial charge in [-0.25, -0.2) is 0 Å². The molecule has 4 heteroatoms. The van der Waals surface area contributed by atoms with Gasteiger partial charge in [-0.05, 0) is 5.56 Å². The molecule has 1 unspecified atom stereocenters. The third-order valence-electron chi connectivity index (χ3n) is 2.24. The fourth-order valence-corrected chi connectivity index (χ4v) is 2.02. The number of nitrogens with zero attached hydrogens (tertiary/aromatic N) is 1. The van der Waals surface area contributed by atoms with Crippen molar-refractivity contribution in [3.8, 4) is 0 Å². The third kappa shape index (κ3) is 2.34. The van der Waals surface area contributed by atoms with E-state index in [1.807, 2.05) is 41.9 Å². The van der Waals surface area contributed by atoms with Crippen LogP contribution in [0.1, 0.15) is 11.7 Å². The maximum Gasteiger partial charge on any atom is 0.181 e. The van der Waals surface area contributed by atoms with E-state index in [0.29, 0.717) is 11.3 Å². The zero-order valence-corrected chi connectivity index (χ0v) is 8.95. The molecular formula is C11H12N2OS. The van der Waals surface area contributed by atoms with Gasteiger partial charge in [-0.15, -0.1) is 11.3 Å². The van der Waals surface area contributed by atoms with Crippen molar-refractivity contribution in [1.29, 1.82) is 5.41 Å². The molecule has 1 heterocycles. The highest BCUT2D eigenvalue weighted by Crippen LogP contribution is 2.13. The molecule has 1 aromatic heterocycles. The van der Waals surface area contributed by atoms with Gasteiger partial charge in [-0.2, -0.15) is 0 Å². The molecular weight excluding hydrogens is 208 g/mol. The molecule has 0 bridgehead atoms. The standard InChI is InChI=1S/C11H12N2OS/c12-11-13(6-7-15-11)8-10(14)9-4-2-1-3-5-9/h1-7,10,12,14H,8H2. The lowest BCUT2D eigenvalue weighted by atomic mass is 10.1. The van der Waals surface area contributed by atoms with Crippen molar-refractivity contribution in [2.24, 2.45) is 0 Å². The molecule has 0 fully saturated rings. The predicted octanol–water partition coefficient (Wildman–Crippen LogP) is 1.76. The molecule has 0 spiro atoms. The van der Waals surface area contributed by atoms with Gasteiger partial charge in [-0.1, -0.05) is 30.3 Å². The van der Waals surface area contributed by atoms with Crippen LogP contribution in [0.15, 0.2) is 41.9 Å². The zero-order valence-electron chi connectivity index (χ0n) is 8.13. The number of hydrogen-bond acceptors (Lipinski definition) is 3. The van der Waals surface area contributed by atoms with Crippen LogP contribution in [0.3, 0.4) is 0 Å². The summed E-state index contributed by atoms with van der Waals surface area (Å²) >= 11 is 1.36. The van der Waals surface area contributed by atoms with E-state index in [4.69, 9.17) is 5.41 Å². The summed E-state index contributed by atoms with van der Waals surface area (Å²) in [4.78, 5) is 0.463. The summed E-state index contributed by atoms with van der Waals surface area (Å²) in [5, 5.41) is 19.3. The molecule has 0 aliphatic carbocycles. The quantitative estimate of drug-likeness (QED) is 0.813. The smallest absolute Gasteiger partial charge is 0.181 e. The minimum Gasteiger partial charge on any atom is -0.387 e. The van der Waals surface area contributed by atoms with E-state index in [1.165, 1.54) is 11.3 Å². The number of nitrogens with one attached hydrogen (secondary N) is 1. The first-order valence-corrected chi connectivity index (χ1v) is 5.57. The maximum absolute atomic E-state index is 9.92. The molecule has 0 radical (unpaired) electrons. The first-order chi connectivity index (χ1) is 7.27. The van der Waals surface area contributed by atoms with Gasteiger partial charge in [0, 0.05) is 11.6 Å². The molecule has 2 N–H and O–H groups in total. The highest BCUT2D eigenvalue weighted by Gasteiger charge is 2.07. The maximum atomic E-state index is 9.92. The monoisotopic (exact) mass is 220 g/mol. The molecule has 3 nitrogen and oxygen atoms in total. The van der Waals surface area contributed by atoms with Crippen molar-refractivity contribution >= 4 is 11.3 Å². The normalized spacial score (nSPS) is 12.6. The molecule has 0 saturated carbocycles. The SMILES string of the molecule is N=c1sccn1CC(O)c1ccccc1. The summed E-state index contributed by atoms with van der Waals surface area (Å²) in [6, 6.07) is 9.50. The van der Waals surface area contributed by atoms with Crippen LogP contribution in [0.5, 0.6) is 0 Å². The van der Waals surface area contributed by atoms with Gasteiger partial charge in [-0.3, -0.25) is 5.41 Å². The van der Waals surface area contributed by atoms with Crippen LogP contribution < -0.4 is 4.80 Å². The lowest BCUT2D eigenvalue weighted by Crippen LogP contribution is -2.17. The topological polar surface area (TPSA) is 49.0 Å². The van der Waals surface area contributed by atoms with Crippen LogP contribution in [-0.4, -0.2) is 9.67 Å². The van der Waals surface area contributed by atoms with Crippen molar-refractivity contribution in [1.82, 2.24) is 4.57 Å². The van der Waals surface area contributed by atoms with E-state index >= 15 is 0 Å². The molecule has 1 aromatic carbocycles. The Hall–Kier alpha value is -1.39. The van der Waals surface area contributed by atoms with Gasteiger partial charge >= 0.3 is 0 Å². The summed E-state index contributed by atoms with van der Waals surface area (Å²) in [6.07, 6.45) is 1.27. The van der Waals surface area contributed by atoms with E-state index in [0.717, 1.165) is 5.56 Å². The van der Waals surface area contributed by atoms with E-state index in [9.17, 15) is 5.11 Å². The Balaban J connectivity index is 2.14. The van der Waals surface area contributed by atoms with Gasteiger partial charge in [0.25, 0.3) is 0 Å². The summed E-state index contributed by atoms with van der Waals surface area (Å²) in [5.41, 5.74) is 0.885. The first-order valence-electron chi connectivity index (χ1n) is 4.69. The van der Waals surface area contributed by atoms with Crippen LogP contribution in [0.25, 0.3) is 0 Å². The van der Waals surface area contributed by atoms with Gasteiger partial charge in [0.05, 0.1) is 12.6 Å². The van der Waals surface area contributed by atoms with Crippen molar-refractivity contribution in [3.63, 3.8) is 0 Å². The fourth-order valence-electron chi connectivity index (χ4n) is 1.41. The second kappa shape index (κ2) is 4.42. The number of aromatic nitrogens is 1. The van der Waals surface area contributed by atoms with Crippen molar-refractivity contribution in [3.05, 3.63) is 52.3 Å². The predicted molar refractivity (Wildman–Crippen MR) is 59.6 cm³/mol. The molecule has 15 heavy (non-hydrogen) atoms. The lowest BCUT2D eigenvalue weighted by molar-refractivity contribution is 0.155. The zero-order chi connectivity index (χ0) is 10.7. The Labute approximate surface area is 91.8 Å². The van der Waals surface area contributed by atoms with Crippen molar-refractivity contribution in [2.75, 3.05) is 0 Å². The third-order valence-corrected chi connectivity index (χ3v) is 2.95. The number of thiazole rings is 1. The minimum absolute atomic E-state index is 0.437. The van der Waals surface area contributed by atoms with Crippen molar-refractivity contribution in [2.45, 2.75) is 12.6 Å². The molecule has 2 aromatic rings. The van der Waals surface area contributed by atoms with Gasteiger partial charge in [0.1, 0.15) is 0 Å². The molecule has 0 aliphatic heterocycles. The summed E-state index contributed by atoms with van der Waals surface area (Å²) in [6.45, 7) is 0.437. The second-order valence-corrected chi connectivity index (χ2v) is 4.18. The van der Waals surface area contributed by atoms with E-state index in [-0.39, 0.29) is 0 Å². The molecule has 78 valence electrons. The van der Waals surface area contributed by atoms with Crippen LogP contribution in [0.4, 0.5) is 0 Å². The van der Waals surface area contributed by atoms with E-state index in [1.54, 1.807) is 4.57 Å². The molecule has 0 saturated heterocycles. The highest BCUT2D eigenvalue weighted by molar-refractivity contribution is 7.06. The van der Waals surface area contributed by atoms with Gasteiger partial charge in [0.15, 0.2) is 4.80 Å². The molecule has 1 atom stereocenters. The lowest BCUT2D eigenvalue weighted by Gasteiger charge is -2.11. The first kappa shape index (κ1) is 10.1. The average Bonchev–Trinajstić information content (AvgIpc) is 2.66. The average molecular weight is 220 g/mol. The number of aliphatic hydroxyl groups excluding tert-OH is 1. The van der Waals surface area contributed by atoms with Crippen molar-refractivity contribution < 1.29 is 5.11 Å². The minimum atomic E-state index is -0.546. The number of benzene rings is 1. The van der Waals surface area contributed by atoms with E-state index in [2.05, 4.69) is 0 Å². The summed E-state index contributed by atoms with van der Waals surface area (Å²) in [5.74, 6) is 0. The van der Waals surface area contributed by atoms with Gasteiger partial charge < -0.3 is 9.67 Å². The van der Waals surface area contributed by atoms with Crippen LogP contribution in [0, 0.1) is 5.41 Å². The Morgan fingerprint density at radius 3 is 2.67 bits per heavy atom. The summed E-state index contributed by atoms with van der Waals surface area (Å²) in [7, 11) is 0. The number of aliphatic hydroxyl groups is 1. The molecule has 0 amide bonds. The highest BCUT2D eigenvalue weighted by atomic mass is 32.1. The Morgan fingerprint density at radius 1 is 1.33 bits per heavy atom. The Kier molecular flexibility index (Phi) is 2.99. The van der Waals surface area contributed by atoms with Crippen LogP contribution in [0.2, 0.25) is 0 Å². The molecule has 0 aliphatic rings. The van der Waals surface area contributed by atoms with E-state index < -0.39 is 6.10 Å².